The van der Waals surface area contributed by atoms with E-state index in [1.807, 2.05) is 6.92 Å². The number of hydrogen-bond donors (Lipinski definition) is 1. The number of rotatable bonds is 4. The molecule has 4 nitrogen and oxygen atoms in total. The summed E-state index contributed by atoms with van der Waals surface area (Å²) in [5, 5.41) is 2.55. The summed E-state index contributed by atoms with van der Waals surface area (Å²) in [4.78, 5) is 25.8. The highest BCUT2D eigenvalue weighted by Crippen LogP contribution is 2.31. The van der Waals surface area contributed by atoms with Gasteiger partial charge in [-0.05, 0) is 37.5 Å². The monoisotopic (exact) mass is 342 g/mol. The Morgan fingerprint density at radius 2 is 1.92 bits per heavy atom. The number of carbonyl (C=O) groups excluding carboxylic acids is 2. The first-order valence-corrected chi connectivity index (χ1v) is 8.07. The molecule has 1 heterocycles. The maximum atomic E-state index is 12.7. The molecule has 0 atom stereocenters. The first kappa shape index (κ1) is 18.3. The Hall–Kier alpha value is -2.05. The molecule has 0 aliphatic carbocycles. The Kier molecular flexibility index (Phi) is 5.85. The van der Waals surface area contributed by atoms with Crippen LogP contribution in [0.15, 0.2) is 24.3 Å². The molecule has 2 rings (SSSR count). The Bertz CT molecular complexity index is 594. The SMILES string of the molecule is CCCC(=O)N1CCC(C(=O)Nc2cccc(C(F)(F)F)c2)CC1. The van der Waals surface area contributed by atoms with Gasteiger partial charge in [-0.2, -0.15) is 13.2 Å². The average Bonchev–Trinajstić information content (AvgIpc) is 2.54. The quantitative estimate of drug-likeness (QED) is 0.907. The molecule has 7 heteroatoms. The van der Waals surface area contributed by atoms with Crippen molar-refractivity contribution in [1.82, 2.24) is 4.90 Å². The van der Waals surface area contributed by atoms with Crippen LogP contribution in [0.4, 0.5) is 18.9 Å². The van der Waals surface area contributed by atoms with Crippen molar-refractivity contribution in [3.8, 4) is 0 Å². The molecule has 1 fully saturated rings. The molecule has 0 aromatic heterocycles. The van der Waals surface area contributed by atoms with E-state index in [9.17, 15) is 22.8 Å². The predicted molar refractivity (Wildman–Crippen MR) is 84.3 cm³/mol. The average molecular weight is 342 g/mol. The smallest absolute Gasteiger partial charge is 0.343 e. The Labute approximate surface area is 139 Å². The second-order valence-electron chi connectivity index (χ2n) is 5.97. The van der Waals surface area contributed by atoms with Gasteiger partial charge in [0.2, 0.25) is 11.8 Å². The van der Waals surface area contributed by atoms with Gasteiger partial charge in [0.25, 0.3) is 0 Å². The summed E-state index contributed by atoms with van der Waals surface area (Å²) in [5.41, 5.74) is -0.653. The van der Waals surface area contributed by atoms with Gasteiger partial charge in [0.05, 0.1) is 5.56 Å². The molecule has 0 bridgehead atoms. The van der Waals surface area contributed by atoms with Gasteiger partial charge in [0.1, 0.15) is 0 Å². The number of anilines is 1. The fourth-order valence-corrected chi connectivity index (χ4v) is 2.78. The van der Waals surface area contributed by atoms with E-state index in [4.69, 9.17) is 0 Å². The van der Waals surface area contributed by atoms with Crippen molar-refractivity contribution in [2.24, 2.45) is 5.92 Å². The molecular weight excluding hydrogens is 321 g/mol. The summed E-state index contributed by atoms with van der Waals surface area (Å²) >= 11 is 0. The fourth-order valence-electron chi connectivity index (χ4n) is 2.78. The largest absolute Gasteiger partial charge is 0.416 e. The van der Waals surface area contributed by atoms with Crippen molar-refractivity contribution in [2.75, 3.05) is 18.4 Å². The van der Waals surface area contributed by atoms with Gasteiger partial charge in [-0.3, -0.25) is 9.59 Å². The molecule has 1 saturated heterocycles. The first-order valence-electron chi connectivity index (χ1n) is 8.07. The second kappa shape index (κ2) is 7.68. The molecule has 2 amide bonds. The van der Waals surface area contributed by atoms with E-state index in [0.717, 1.165) is 18.6 Å². The van der Waals surface area contributed by atoms with Crippen LogP contribution in [0.3, 0.4) is 0 Å². The van der Waals surface area contributed by atoms with Gasteiger partial charge >= 0.3 is 6.18 Å². The zero-order valence-electron chi connectivity index (χ0n) is 13.5. The molecule has 1 aliphatic rings. The molecule has 0 saturated carbocycles. The van der Waals surface area contributed by atoms with E-state index >= 15 is 0 Å². The molecule has 1 aromatic carbocycles. The van der Waals surface area contributed by atoms with Gasteiger partial charge in [-0.25, -0.2) is 0 Å². The standard InChI is InChI=1S/C17H21F3N2O2/c1-2-4-15(23)22-9-7-12(8-10-22)16(24)21-14-6-3-5-13(11-14)17(18,19)20/h3,5-6,11-12H,2,4,7-10H2,1H3,(H,21,24). The van der Waals surface area contributed by atoms with Crippen LogP contribution in [0.1, 0.15) is 38.2 Å². The van der Waals surface area contributed by atoms with E-state index in [1.54, 1.807) is 4.90 Å². The molecule has 132 valence electrons. The number of carbonyl (C=O) groups is 2. The third kappa shape index (κ3) is 4.72. The van der Waals surface area contributed by atoms with E-state index in [-0.39, 0.29) is 23.4 Å². The van der Waals surface area contributed by atoms with Crippen molar-refractivity contribution in [3.63, 3.8) is 0 Å². The number of hydrogen-bond acceptors (Lipinski definition) is 2. The van der Waals surface area contributed by atoms with Crippen LogP contribution in [0.25, 0.3) is 0 Å². The Balaban J connectivity index is 1.91. The zero-order chi connectivity index (χ0) is 17.7. The minimum atomic E-state index is -4.44. The molecule has 0 unspecified atom stereocenters. The van der Waals surface area contributed by atoms with Gasteiger partial charge < -0.3 is 10.2 Å². The summed E-state index contributed by atoms with van der Waals surface area (Å²) in [6.45, 7) is 2.96. The summed E-state index contributed by atoms with van der Waals surface area (Å²) in [5.74, 6) is -0.489. The number of amides is 2. The Morgan fingerprint density at radius 1 is 1.25 bits per heavy atom. The topological polar surface area (TPSA) is 49.4 Å². The van der Waals surface area contributed by atoms with Crippen molar-refractivity contribution in [3.05, 3.63) is 29.8 Å². The van der Waals surface area contributed by atoms with Gasteiger partial charge in [-0.1, -0.05) is 13.0 Å². The van der Waals surface area contributed by atoms with Crippen molar-refractivity contribution in [2.45, 2.75) is 38.8 Å². The highest BCUT2D eigenvalue weighted by atomic mass is 19.4. The Morgan fingerprint density at radius 3 is 2.50 bits per heavy atom. The highest BCUT2D eigenvalue weighted by molar-refractivity contribution is 5.92. The third-order valence-electron chi connectivity index (χ3n) is 4.14. The van der Waals surface area contributed by atoms with E-state index in [1.165, 1.54) is 12.1 Å². The molecule has 1 aromatic rings. The summed E-state index contributed by atoms with van der Waals surface area (Å²) < 4.78 is 38.1. The first-order chi connectivity index (χ1) is 11.3. The number of nitrogens with zero attached hydrogens (tertiary/aromatic N) is 1. The van der Waals surface area contributed by atoms with E-state index < -0.39 is 11.7 Å². The lowest BCUT2D eigenvalue weighted by atomic mass is 9.95. The normalized spacial score (nSPS) is 16.1. The van der Waals surface area contributed by atoms with Gasteiger partial charge in [-0.15, -0.1) is 0 Å². The number of halogens is 3. The molecule has 24 heavy (non-hydrogen) atoms. The minimum absolute atomic E-state index is 0.0919. The summed E-state index contributed by atoms with van der Waals surface area (Å²) in [6.07, 6.45) is -2.10. The molecule has 0 spiro atoms. The van der Waals surface area contributed by atoms with Crippen LogP contribution in [-0.2, 0) is 15.8 Å². The van der Waals surface area contributed by atoms with Crippen molar-refractivity contribution < 1.29 is 22.8 Å². The van der Waals surface area contributed by atoms with Crippen molar-refractivity contribution in [1.29, 1.82) is 0 Å². The molecule has 0 radical (unpaired) electrons. The maximum Gasteiger partial charge on any atom is 0.416 e. The van der Waals surface area contributed by atoms with Crippen molar-refractivity contribution >= 4 is 17.5 Å². The predicted octanol–water partition coefficient (Wildman–Crippen LogP) is 3.68. The molecular formula is C17H21F3N2O2. The number of likely N-dealkylation sites (tertiary alicyclic amines) is 1. The molecule has 1 aliphatic heterocycles. The van der Waals surface area contributed by atoms with Gasteiger partial charge in [0.15, 0.2) is 0 Å². The maximum absolute atomic E-state index is 12.7. The minimum Gasteiger partial charge on any atom is -0.343 e. The summed E-state index contributed by atoms with van der Waals surface area (Å²) in [6, 6.07) is 4.60. The van der Waals surface area contributed by atoms with E-state index in [2.05, 4.69) is 5.32 Å². The fraction of sp³-hybridized carbons (Fsp3) is 0.529. The highest BCUT2D eigenvalue weighted by Gasteiger charge is 2.31. The second-order valence-corrected chi connectivity index (χ2v) is 5.97. The number of alkyl halides is 3. The lowest BCUT2D eigenvalue weighted by Gasteiger charge is -2.31. The van der Waals surface area contributed by atoms with Crippen LogP contribution < -0.4 is 5.32 Å². The van der Waals surface area contributed by atoms with Crippen LogP contribution >= 0.6 is 0 Å². The lowest BCUT2D eigenvalue weighted by molar-refractivity contribution is -0.137. The number of piperidine rings is 1. The van der Waals surface area contributed by atoms with E-state index in [0.29, 0.717) is 32.4 Å². The number of benzene rings is 1. The van der Waals surface area contributed by atoms with Gasteiger partial charge in [0, 0.05) is 31.1 Å². The van der Waals surface area contributed by atoms with Crippen LogP contribution in [0, 0.1) is 5.92 Å². The molecule has 1 N–H and O–H groups in total. The summed E-state index contributed by atoms with van der Waals surface area (Å²) in [7, 11) is 0. The van der Waals surface area contributed by atoms with Crippen LogP contribution in [0.2, 0.25) is 0 Å². The van der Waals surface area contributed by atoms with Crippen LogP contribution in [0.5, 0.6) is 0 Å². The zero-order valence-corrected chi connectivity index (χ0v) is 13.5. The third-order valence-corrected chi connectivity index (χ3v) is 4.14. The lowest BCUT2D eigenvalue weighted by Crippen LogP contribution is -2.41. The number of nitrogens with one attached hydrogen (secondary N) is 1. The van der Waals surface area contributed by atoms with Crippen LogP contribution in [-0.4, -0.2) is 29.8 Å².